The number of hydrogen-bond donors (Lipinski definition) is 1. The first-order valence-electron chi connectivity index (χ1n) is 2.67. The van der Waals surface area contributed by atoms with Gasteiger partial charge in [-0.15, -0.1) is 12.8 Å². The molecule has 1 N–H and O–H groups in total. The SMILES string of the molecule is C#C.Oc1ccc(F)c(F)c1. The van der Waals surface area contributed by atoms with Crippen molar-refractivity contribution in [1.29, 1.82) is 0 Å². The van der Waals surface area contributed by atoms with E-state index in [9.17, 15) is 8.78 Å². The summed E-state index contributed by atoms with van der Waals surface area (Å²) in [7, 11) is 0. The van der Waals surface area contributed by atoms with Crippen LogP contribution in [0.4, 0.5) is 8.78 Å². The van der Waals surface area contributed by atoms with Gasteiger partial charge in [0, 0.05) is 6.07 Å². The molecule has 0 unspecified atom stereocenters. The first kappa shape index (κ1) is 9.44. The van der Waals surface area contributed by atoms with Crippen molar-refractivity contribution in [3.63, 3.8) is 0 Å². The first-order chi connectivity index (χ1) is 5.20. The second-order valence-electron chi connectivity index (χ2n) is 1.60. The van der Waals surface area contributed by atoms with E-state index in [0.29, 0.717) is 0 Å². The monoisotopic (exact) mass is 156 g/mol. The number of rotatable bonds is 0. The summed E-state index contributed by atoms with van der Waals surface area (Å²) in [5.41, 5.74) is 0. The third-order valence-electron chi connectivity index (χ3n) is 0.903. The molecule has 0 aliphatic heterocycles. The molecular weight excluding hydrogens is 150 g/mol. The lowest BCUT2D eigenvalue weighted by molar-refractivity contribution is 0.455. The predicted molar refractivity (Wildman–Crippen MR) is 37.9 cm³/mol. The molecule has 1 aromatic rings. The van der Waals surface area contributed by atoms with Gasteiger partial charge in [0.05, 0.1) is 0 Å². The van der Waals surface area contributed by atoms with E-state index in [1.807, 2.05) is 0 Å². The van der Waals surface area contributed by atoms with Gasteiger partial charge in [-0.2, -0.15) is 0 Å². The Morgan fingerprint density at radius 2 is 1.64 bits per heavy atom. The molecule has 0 aromatic heterocycles. The lowest BCUT2D eigenvalue weighted by Crippen LogP contribution is -1.79. The second-order valence-corrected chi connectivity index (χ2v) is 1.60. The number of phenols is 1. The van der Waals surface area contributed by atoms with Crippen molar-refractivity contribution in [3.8, 4) is 18.6 Å². The van der Waals surface area contributed by atoms with Crippen molar-refractivity contribution >= 4 is 0 Å². The van der Waals surface area contributed by atoms with E-state index in [-0.39, 0.29) is 5.75 Å². The van der Waals surface area contributed by atoms with Gasteiger partial charge in [-0.1, -0.05) is 0 Å². The Balaban J connectivity index is 0.000000461. The average Bonchev–Trinajstić information content (AvgIpc) is 2.02. The lowest BCUT2D eigenvalue weighted by Gasteiger charge is -1.90. The largest absolute Gasteiger partial charge is 0.508 e. The van der Waals surface area contributed by atoms with E-state index in [4.69, 9.17) is 5.11 Å². The van der Waals surface area contributed by atoms with Crippen LogP contribution in [0.3, 0.4) is 0 Å². The maximum absolute atomic E-state index is 12.0. The Kier molecular flexibility index (Phi) is 3.68. The van der Waals surface area contributed by atoms with Gasteiger partial charge < -0.3 is 5.11 Å². The van der Waals surface area contributed by atoms with Crippen LogP contribution in [-0.4, -0.2) is 5.11 Å². The summed E-state index contributed by atoms with van der Waals surface area (Å²) in [5.74, 6) is -2.25. The molecule has 0 fully saturated rings. The Labute approximate surface area is 63.3 Å². The zero-order chi connectivity index (χ0) is 8.85. The normalized spacial score (nSPS) is 8.00. The highest BCUT2D eigenvalue weighted by atomic mass is 19.2. The van der Waals surface area contributed by atoms with Crippen molar-refractivity contribution < 1.29 is 13.9 Å². The van der Waals surface area contributed by atoms with Crippen LogP contribution in [-0.2, 0) is 0 Å². The molecule has 0 radical (unpaired) electrons. The van der Waals surface area contributed by atoms with Gasteiger partial charge in [-0.05, 0) is 12.1 Å². The predicted octanol–water partition coefficient (Wildman–Crippen LogP) is 1.92. The molecule has 0 aliphatic carbocycles. The minimum atomic E-state index is -1.03. The van der Waals surface area contributed by atoms with Gasteiger partial charge in [-0.3, -0.25) is 0 Å². The molecular formula is C8H6F2O. The molecule has 1 nitrogen and oxygen atoms in total. The fraction of sp³-hybridized carbons (Fsp3) is 0. The highest BCUT2D eigenvalue weighted by Crippen LogP contribution is 2.12. The van der Waals surface area contributed by atoms with Crippen LogP contribution in [0.5, 0.6) is 5.75 Å². The number of aromatic hydroxyl groups is 1. The molecule has 0 bridgehead atoms. The highest BCUT2D eigenvalue weighted by molar-refractivity contribution is 5.21. The molecule has 0 saturated heterocycles. The average molecular weight is 156 g/mol. The molecule has 0 saturated carbocycles. The van der Waals surface area contributed by atoms with Crippen molar-refractivity contribution in [2.75, 3.05) is 0 Å². The molecule has 0 aliphatic rings. The third-order valence-corrected chi connectivity index (χ3v) is 0.903. The van der Waals surface area contributed by atoms with E-state index < -0.39 is 11.6 Å². The molecule has 0 spiro atoms. The van der Waals surface area contributed by atoms with Gasteiger partial charge in [-0.25, -0.2) is 8.78 Å². The van der Waals surface area contributed by atoms with Crippen LogP contribution in [0.15, 0.2) is 18.2 Å². The van der Waals surface area contributed by atoms with Crippen LogP contribution in [0.25, 0.3) is 0 Å². The van der Waals surface area contributed by atoms with E-state index in [2.05, 4.69) is 12.8 Å². The topological polar surface area (TPSA) is 20.2 Å². The van der Waals surface area contributed by atoms with Crippen molar-refractivity contribution in [2.45, 2.75) is 0 Å². The summed E-state index contributed by atoms with van der Waals surface area (Å²) < 4.78 is 24.1. The highest BCUT2D eigenvalue weighted by Gasteiger charge is 1.99. The Morgan fingerprint density at radius 1 is 1.09 bits per heavy atom. The Morgan fingerprint density at radius 3 is 2.00 bits per heavy atom. The number of hydrogen-bond acceptors (Lipinski definition) is 1. The van der Waals surface area contributed by atoms with Gasteiger partial charge in [0.2, 0.25) is 0 Å². The molecule has 58 valence electrons. The van der Waals surface area contributed by atoms with Gasteiger partial charge in [0.15, 0.2) is 11.6 Å². The zero-order valence-corrected chi connectivity index (χ0v) is 5.59. The van der Waals surface area contributed by atoms with E-state index in [1.54, 1.807) is 0 Å². The summed E-state index contributed by atoms with van der Waals surface area (Å²) in [4.78, 5) is 0. The van der Waals surface area contributed by atoms with E-state index in [0.717, 1.165) is 18.2 Å². The summed E-state index contributed by atoms with van der Waals surface area (Å²) in [6.07, 6.45) is 8.00. The minimum absolute atomic E-state index is 0.270. The van der Waals surface area contributed by atoms with Gasteiger partial charge >= 0.3 is 0 Å². The van der Waals surface area contributed by atoms with Crippen LogP contribution in [0.1, 0.15) is 0 Å². The second kappa shape index (κ2) is 4.29. The maximum atomic E-state index is 12.0. The number of terminal acetylenes is 1. The lowest BCUT2D eigenvalue weighted by atomic mass is 10.3. The Bertz CT molecular complexity index is 256. The Hall–Kier alpha value is -1.56. The number of benzene rings is 1. The van der Waals surface area contributed by atoms with Gasteiger partial charge in [0.1, 0.15) is 5.75 Å². The van der Waals surface area contributed by atoms with E-state index in [1.165, 1.54) is 0 Å². The number of phenolic OH excluding ortho intramolecular Hbond substituents is 1. The smallest absolute Gasteiger partial charge is 0.162 e. The van der Waals surface area contributed by atoms with Crippen LogP contribution in [0, 0.1) is 24.5 Å². The van der Waals surface area contributed by atoms with Crippen LogP contribution in [0.2, 0.25) is 0 Å². The third kappa shape index (κ3) is 2.67. The molecule has 3 heteroatoms. The van der Waals surface area contributed by atoms with Crippen molar-refractivity contribution in [3.05, 3.63) is 29.8 Å². The van der Waals surface area contributed by atoms with E-state index >= 15 is 0 Å². The standard InChI is InChI=1S/C6H4F2O.C2H2/c7-5-2-1-4(9)3-6(5)8;1-2/h1-3,9H;1-2H. The van der Waals surface area contributed by atoms with Crippen molar-refractivity contribution in [1.82, 2.24) is 0 Å². The first-order valence-corrected chi connectivity index (χ1v) is 2.67. The molecule has 1 aromatic carbocycles. The summed E-state index contributed by atoms with van der Waals surface area (Å²) in [5, 5.41) is 8.53. The quantitative estimate of drug-likeness (QED) is 0.569. The molecule has 1 rings (SSSR count). The molecule has 11 heavy (non-hydrogen) atoms. The fourth-order valence-electron chi connectivity index (χ4n) is 0.485. The molecule has 0 amide bonds. The molecule has 0 heterocycles. The van der Waals surface area contributed by atoms with Crippen LogP contribution >= 0.6 is 0 Å². The zero-order valence-electron chi connectivity index (χ0n) is 5.59. The van der Waals surface area contributed by atoms with Crippen LogP contribution < -0.4 is 0 Å². The minimum Gasteiger partial charge on any atom is -0.508 e. The fourth-order valence-corrected chi connectivity index (χ4v) is 0.485. The maximum Gasteiger partial charge on any atom is 0.162 e. The van der Waals surface area contributed by atoms with Gasteiger partial charge in [0.25, 0.3) is 0 Å². The molecule has 0 atom stereocenters. The summed E-state index contributed by atoms with van der Waals surface area (Å²) in [6, 6.07) is 2.67. The summed E-state index contributed by atoms with van der Waals surface area (Å²) in [6.45, 7) is 0. The van der Waals surface area contributed by atoms with Crippen molar-refractivity contribution in [2.24, 2.45) is 0 Å². The summed E-state index contributed by atoms with van der Waals surface area (Å²) >= 11 is 0. The number of halogens is 2.